The van der Waals surface area contributed by atoms with Crippen LogP contribution in [0, 0.1) is 0 Å². The van der Waals surface area contributed by atoms with Crippen LogP contribution in [0.4, 0.5) is 0 Å². The highest BCUT2D eigenvalue weighted by Gasteiger charge is 2.18. The third kappa shape index (κ3) is 6.93. The third-order valence-corrected chi connectivity index (χ3v) is 3.56. The summed E-state index contributed by atoms with van der Waals surface area (Å²) in [5.74, 6) is -0.942. The minimum absolute atomic E-state index is 0.0999. The van der Waals surface area contributed by atoms with E-state index in [-0.39, 0.29) is 33.0 Å². The molecule has 0 saturated heterocycles. The van der Waals surface area contributed by atoms with E-state index in [1.54, 1.807) is 9.58 Å². The quantitative estimate of drug-likeness (QED) is 0.373. The van der Waals surface area contributed by atoms with Crippen LogP contribution < -0.4 is 0 Å². The van der Waals surface area contributed by atoms with Gasteiger partial charge in [0.2, 0.25) is 0 Å². The largest absolute Gasteiger partial charge is 0.462 e. The Bertz CT molecular complexity index is 711. The first-order valence-corrected chi connectivity index (χ1v) is 8.43. The lowest BCUT2D eigenvalue weighted by Crippen LogP contribution is -2.38. The van der Waals surface area contributed by atoms with Gasteiger partial charge in [0.15, 0.2) is 0 Å². The number of para-hydroxylation sites is 1. The molecule has 0 unspecified atom stereocenters. The molecule has 0 aliphatic rings. The van der Waals surface area contributed by atoms with Gasteiger partial charge in [-0.25, -0.2) is 4.68 Å². The summed E-state index contributed by atoms with van der Waals surface area (Å²) in [5.41, 5.74) is 1.52. The van der Waals surface area contributed by atoms with Crippen LogP contribution in [-0.4, -0.2) is 85.6 Å². The lowest BCUT2D eigenvalue weighted by molar-refractivity contribution is -0.150. The highest BCUT2D eigenvalue weighted by Crippen LogP contribution is 2.10. The molecule has 0 bridgehead atoms. The van der Waals surface area contributed by atoms with Crippen molar-refractivity contribution >= 4 is 23.0 Å². The number of esters is 2. The van der Waals surface area contributed by atoms with Gasteiger partial charge >= 0.3 is 11.9 Å². The van der Waals surface area contributed by atoms with E-state index in [1.807, 2.05) is 24.3 Å². The number of benzene rings is 1. The van der Waals surface area contributed by atoms with Crippen molar-refractivity contribution in [3.63, 3.8) is 0 Å². The number of carbonyl (C=O) groups is 2. The zero-order valence-electron chi connectivity index (χ0n) is 15.5. The van der Waals surface area contributed by atoms with Gasteiger partial charge in [0, 0.05) is 14.2 Å². The monoisotopic (exact) mass is 380 g/mol. The van der Waals surface area contributed by atoms with E-state index in [4.69, 9.17) is 18.9 Å². The number of hydrogen-bond acceptors (Lipinski definition) is 9. The van der Waals surface area contributed by atoms with Gasteiger partial charge in [0.25, 0.3) is 0 Å². The molecular formula is C17H24N4O6. The van der Waals surface area contributed by atoms with Gasteiger partial charge in [0.1, 0.15) is 18.7 Å². The van der Waals surface area contributed by atoms with E-state index >= 15 is 0 Å². The number of rotatable bonds is 12. The van der Waals surface area contributed by atoms with E-state index in [9.17, 15) is 9.59 Å². The van der Waals surface area contributed by atoms with Gasteiger partial charge in [-0.3, -0.25) is 14.5 Å². The molecule has 10 heteroatoms. The Morgan fingerprint density at radius 1 is 0.963 bits per heavy atom. The summed E-state index contributed by atoms with van der Waals surface area (Å²) in [6.07, 6.45) is 0. The van der Waals surface area contributed by atoms with Crippen LogP contribution >= 0.6 is 0 Å². The molecule has 0 radical (unpaired) electrons. The molecule has 0 N–H and O–H groups in total. The van der Waals surface area contributed by atoms with Crippen molar-refractivity contribution in [1.82, 2.24) is 19.9 Å². The molecule has 0 saturated carbocycles. The molecule has 1 aromatic heterocycles. The summed E-state index contributed by atoms with van der Waals surface area (Å²) in [7, 11) is 3.04. The van der Waals surface area contributed by atoms with E-state index in [0.29, 0.717) is 13.2 Å². The number of methoxy groups -OCH3 is 2. The summed E-state index contributed by atoms with van der Waals surface area (Å²) in [4.78, 5) is 25.6. The Kier molecular flexibility index (Phi) is 8.62. The summed E-state index contributed by atoms with van der Waals surface area (Å²) < 4.78 is 21.5. The molecule has 10 nitrogen and oxygen atoms in total. The molecule has 1 aromatic carbocycles. The zero-order valence-corrected chi connectivity index (χ0v) is 15.5. The lowest BCUT2D eigenvalue weighted by atomic mass is 10.3. The lowest BCUT2D eigenvalue weighted by Gasteiger charge is -2.20. The summed E-state index contributed by atoms with van der Waals surface area (Å²) >= 11 is 0. The van der Waals surface area contributed by atoms with Crippen LogP contribution in [0.15, 0.2) is 24.3 Å². The molecule has 0 aliphatic heterocycles. The van der Waals surface area contributed by atoms with Crippen molar-refractivity contribution in [2.24, 2.45) is 0 Å². The standard InChI is InChI=1S/C17H24N4O6/c1-24-7-9-26-16(22)11-20(12-17(23)27-10-8-25-2)13-21-15-6-4-3-5-14(15)18-19-21/h3-6H,7-13H2,1-2H3. The molecule has 1 heterocycles. The Hall–Kier alpha value is -2.56. The van der Waals surface area contributed by atoms with Crippen molar-refractivity contribution in [1.29, 1.82) is 0 Å². The Morgan fingerprint density at radius 2 is 1.56 bits per heavy atom. The molecule has 0 amide bonds. The Morgan fingerprint density at radius 3 is 2.15 bits per heavy atom. The zero-order chi connectivity index (χ0) is 19.5. The molecular weight excluding hydrogens is 356 g/mol. The first-order chi connectivity index (χ1) is 13.1. The molecule has 2 aromatic rings. The van der Waals surface area contributed by atoms with Crippen LogP contribution in [0.1, 0.15) is 0 Å². The van der Waals surface area contributed by atoms with Crippen molar-refractivity contribution in [2.75, 3.05) is 53.7 Å². The van der Waals surface area contributed by atoms with Gasteiger partial charge in [-0.05, 0) is 12.1 Å². The van der Waals surface area contributed by atoms with Crippen molar-refractivity contribution in [3.05, 3.63) is 24.3 Å². The van der Waals surface area contributed by atoms with Crippen LogP contribution in [0.5, 0.6) is 0 Å². The Balaban J connectivity index is 2.01. The number of carbonyl (C=O) groups excluding carboxylic acids is 2. The SMILES string of the molecule is COCCOC(=O)CN(CC(=O)OCCOC)Cn1nnc2ccccc21. The average Bonchev–Trinajstić information content (AvgIpc) is 3.05. The number of fused-ring (bicyclic) bond motifs is 1. The van der Waals surface area contributed by atoms with E-state index in [1.165, 1.54) is 14.2 Å². The minimum atomic E-state index is -0.471. The molecule has 0 atom stereocenters. The van der Waals surface area contributed by atoms with E-state index in [0.717, 1.165) is 11.0 Å². The first-order valence-electron chi connectivity index (χ1n) is 8.43. The fourth-order valence-corrected chi connectivity index (χ4v) is 2.30. The van der Waals surface area contributed by atoms with Crippen LogP contribution in [0.25, 0.3) is 11.0 Å². The molecule has 0 fully saturated rings. The smallest absolute Gasteiger partial charge is 0.320 e. The van der Waals surface area contributed by atoms with Crippen molar-refractivity contribution in [3.8, 4) is 0 Å². The maximum atomic E-state index is 12.0. The van der Waals surface area contributed by atoms with E-state index < -0.39 is 11.9 Å². The van der Waals surface area contributed by atoms with Gasteiger partial charge in [0.05, 0.1) is 38.5 Å². The number of hydrogen-bond donors (Lipinski definition) is 0. The summed E-state index contributed by atoms with van der Waals surface area (Å²) in [6.45, 7) is 0.881. The molecule has 27 heavy (non-hydrogen) atoms. The maximum absolute atomic E-state index is 12.0. The second-order valence-electron chi connectivity index (χ2n) is 5.63. The van der Waals surface area contributed by atoms with Crippen molar-refractivity contribution < 1.29 is 28.5 Å². The normalized spacial score (nSPS) is 11.1. The Labute approximate surface area is 156 Å². The number of nitrogens with zero attached hydrogens (tertiary/aromatic N) is 4. The van der Waals surface area contributed by atoms with Crippen LogP contribution in [0.2, 0.25) is 0 Å². The molecule has 0 aliphatic carbocycles. The minimum Gasteiger partial charge on any atom is -0.462 e. The predicted molar refractivity (Wildman–Crippen MR) is 94.8 cm³/mol. The fourth-order valence-electron chi connectivity index (χ4n) is 2.30. The average molecular weight is 380 g/mol. The van der Waals surface area contributed by atoms with Gasteiger partial charge in [-0.15, -0.1) is 5.10 Å². The molecule has 2 rings (SSSR count). The van der Waals surface area contributed by atoms with Crippen molar-refractivity contribution in [2.45, 2.75) is 6.67 Å². The number of aromatic nitrogens is 3. The second kappa shape index (κ2) is 11.2. The number of ether oxygens (including phenoxy) is 4. The van der Waals surface area contributed by atoms with E-state index in [2.05, 4.69) is 10.3 Å². The van der Waals surface area contributed by atoms with Gasteiger partial charge in [-0.1, -0.05) is 17.3 Å². The summed E-state index contributed by atoms with van der Waals surface area (Å²) in [6, 6.07) is 7.42. The molecule has 0 spiro atoms. The topological polar surface area (TPSA) is 105 Å². The van der Waals surface area contributed by atoms with Gasteiger partial charge < -0.3 is 18.9 Å². The van der Waals surface area contributed by atoms with Gasteiger partial charge in [-0.2, -0.15) is 0 Å². The third-order valence-electron chi connectivity index (χ3n) is 3.56. The first kappa shape index (κ1) is 20.7. The second-order valence-corrected chi connectivity index (χ2v) is 5.63. The maximum Gasteiger partial charge on any atom is 0.320 e. The summed E-state index contributed by atoms with van der Waals surface area (Å²) in [5, 5.41) is 8.15. The highest BCUT2D eigenvalue weighted by molar-refractivity contribution is 5.75. The van der Waals surface area contributed by atoms with Crippen LogP contribution in [0.3, 0.4) is 0 Å². The molecule has 148 valence electrons. The fraction of sp³-hybridized carbons (Fsp3) is 0.529. The van der Waals surface area contributed by atoms with Crippen LogP contribution in [-0.2, 0) is 35.2 Å². The predicted octanol–water partition coefficient (Wildman–Crippen LogP) is 0.0700. The highest BCUT2D eigenvalue weighted by atomic mass is 16.6.